The van der Waals surface area contributed by atoms with Crippen molar-refractivity contribution < 1.29 is 29.0 Å². The molecule has 0 saturated carbocycles. The number of ether oxygens (including phenoxy) is 1. The molecular formula is C26H33N3O6. The maximum absolute atomic E-state index is 12.4. The van der Waals surface area contributed by atoms with Crippen molar-refractivity contribution in [2.45, 2.75) is 58.2 Å². The van der Waals surface area contributed by atoms with Gasteiger partial charge in [0.15, 0.2) is 0 Å². The maximum atomic E-state index is 12.4. The number of alkyl carbamates (subject to hydrolysis) is 1. The number of amides is 3. The average molecular weight is 484 g/mol. The molecule has 2 atom stereocenters. The Balaban J connectivity index is 1.76. The summed E-state index contributed by atoms with van der Waals surface area (Å²) in [5.74, 6) is -2.04. The van der Waals surface area contributed by atoms with Crippen LogP contribution in [0.3, 0.4) is 0 Å². The van der Waals surface area contributed by atoms with Crippen molar-refractivity contribution in [3.63, 3.8) is 0 Å². The van der Waals surface area contributed by atoms with Crippen molar-refractivity contribution in [3.05, 3.63) is 71.3 Å². The predicted octanol–water partition coefficient (Wildman–Crippen LogP) is 3.23. The highest BCUT2D eigenvalue weighted by Crippen LogP contribution is 2.16. The maximum Gasteiger partial charge on any atom is 0.408 e. The molecular weight excluding hydrogens is 450 g/mol. The van der Waals surface area contributed by atoms with Crippen molar-refractivity contribution in [2.75, 3.05) is 6.54 Å². The third-order valence-electron chi connectivity index (χ3n) is 5.30. The largest absolute Gasteiger partial charge is 0.481 e. The second-order valence-electron chi connectivity index (χ2n) is 8.19. The molecule has 0 radical (unpaired) electrons. The highest BCUT2D eigenvalue weighted by Gasteiger charge is 2.24. The first-order valence-electron chi connectivity index (χ1n) is 11.6. The van der Waals surface area contributed by atoms with Crippen molar-refractivity contribution in [2.24, 2.45) is 0 Å². The number of rotatable bonds is 13. The molecule has 0 aliphatic carbocycles. The first kappa shape index (κ1) is 27.4. The lowest BCUT2D eigenvalue weighted by Gasteiger charge is -2.18. The van der Waals surface area contributed by atoms with Gasteiger partial charge < -0.3 is 25.8 Å². The Morgan fingerprint density at radius 2 is 1.66 bits per heavy atom. The smallest absolute Gasteiger partial charge is 0.408 e. The molecule has 0 heterocycles. The fourth-order valence-electron chi connectivity index (χ4n) is 3.36. The lowest BCUT2D eigenvalue weighted by atomic mass is 10.0. The summed E-state index contributed by atoms with van der Waals surface area (Å²) >= 11 is 0. The van der Waals surface area contributed by atoms with Gasteiger partial charge in [0.1, 0.15) is 12.6 Å². The number of benzene rings is 2. The van der Waals surface area contributed by atoms with Crippen LogP contribution in [0.15, 0.2) is 54.6 Å². The minimum atomic E-state index is -1.30. The van der Waals surface area contributed by atoms with Crippen LogP contribution in [0.25, 0.3) is 0 Å². The number of carbonyl (C=O) groups excluding carboxylic acids is 3. The molecule has 4 N–H and O–H groups in total. The Kier molecular flexibility index (Phi) is 11.3. The van der Waals surface area contributed by atoms with Crippen LogP contribution in [0.1, 0.15) is 55.3 Å². The van der Waals surface area contributed by atoms with Gasteiger partial charge in [0.25, 0.3) is 0 Å². The van der Waals surface area contributed by atoms with E-state index in [1.54, 1.807) is 0 Å². The molecule has 0 spiro atoms. The van der Waals surface area contributed by atoms with Crippen LogP contribution in [0.5, 0.6) is 0 Å². The number of aliphatic carboxylic acids is 1. The number of hydrogen-bond acceptors (Lipinski definition) is 5. The molecule has 2 aromatic rings. The molecule has 0 aromatic heterocycles. The monoisotopic (exact) mass is 483 g/mol. The number of carboxylic acid groups (broad SMARTS) is 1. The predicted molar refractivity (Wildman–Crippen MR) is 130 cm³/mol. The molecule has 3 amide bonds. The number of aryl methyl sites for hydroxylation is 1. The summed E-state index contributed by atoms with van der Waals surface area (Å²) in [6.45, 7) is 4.07. The van der Waals surface area contributed by atoms with E-state index in [1.165, 1.54) is 0 Å². The van der Waals surface area contributed by atoms with Gasteiger partial charge in [-0.15, -0.1) is 0 Å². The minimum absolute atomic E-state index is 0.00955. The Hall–Kier alpha value is -3.88. The van der Waals surface area contributed by atoms with Gasteiger partial charge in [-0.2, -0.15) is 0 Å². The first-order valence-corrected chi connectivity index (χ1v) is 11.6. The Bertz CT molecular complexity index is 978. The zero-order valence-electron chi connectivity index (χ0n) is 20.1. The second kappa shape index (κ2) is 14.4. The zero-order valence-corrected chi connectivity index (χ0v) is 20.1. The van der Waals surface area contributed by atoms with Gasteiger partial charge in [0, 0.05) is 13.0 Å². The van der Waals surface area contributed by atoms with Gasteiger partial charge in [-0.3, -0.25) is 14.4 Å². The zero-order chi connectivity index (χ0) is 25.6. The van der Waals surface area contributed by atoms with E-state index in [0.717, 1.165) is 23.1 Å². The Labute approximate surface area is 205 Å². The molecule has 0 fully saturated rings. The molecule has 0 aliphatic heterocycles. The number of carboxylic acids is 1. The number of nitrogens with one attached hydrogen (secondary N) is 3. The van der Waals surface area contributed by atoms with Crippen LogP contribution in [-0.2, 0) is 25.7 Å². The van der Waals surface area contributed by atoms with Crippen LogP contribution in [0.2, 0.25) is 0 Å². The normalized spacial score (nSPS) is 12.2. The first-order chi connectivity index (χ1) is 16.8. The van der Waals surface area contributed by atoms with Gasteiger partial charge in [0.2, 0.25) is 11.8 Å². The second-order valence-corrected chi connectivity index (χ2v) is 8.19. The molecule has 9 heteroatoms. The fourth-order valence-corrected chi connectivity index (χ4v) is 3.36. The number of hydrogen-bond donors (Lipinski definition) is 4. The molecule has 9 nitrogen and oxygen atoms in total. The van der Waals surface area contributed by atoms with E-state index in [1.807, 2.05) is 68.4 Å². The van der Waals surface area contributed by atoms with E-state index >= 15 is 0 Å². The molecule has 35 heavy (non-hydrogen) atoms. The summed E-state index contributed by atoms with van der Waals surface area (Å²) in [6, 6.07) is 15.6. The lowest BCUT2D eigenvalue weighted by Crippen LogP contribution is -2.48. The van der Waals surface area contributed by atoms with Crippen LogP contribution in [-0.4, -0.2) is 41.6 Å². The SMILES string of the molecule is CC[C@H](NC(=O)CCCNC(=O)[C@H](CC(=O)O)NC(=O)OCc1ccc(C)cc1)c1ccccc1. The van der Waals surface area contributed by atoms with Crippen LogP contribution in [0.4, 0.5) is 4.79 Å². The summed E-state index contributed by atoms with van der Waals surface area (Å²) in [4.78, 5) is 48.0. The van der Waals surface area contributed by atoms with E-state index in [2.05, 4.69) is 16.0 Å². The van der Waals surface area contributed by atoms with Gasteiger partial charge in [0.05, 0.1) is 12.5 Å². The van der Waals surface area contributed by atoms with Crippen molar-refractivity contribution in [3.8, 4) is 0 Å². The van der Waals surface area contributed by atoms with Gasteiger partial charge in [-0.05, 0) is 30.9 Å². The average Bonchev–Trinajstić information content (AvgIpc) is 2.84. The quantitative estimate of drug-likeness (QED) is 0.323. The van der Waals surface area contributed by atoms with E-state index in [0.29, 0.717) is 6.42 Å². The summed E-state index contributed by atoms with van der Waals surface area (Å²) < 4.78 is 5.10. The highest BCUT2D eigenvalue weighted by atomic mass is 16.5. The van der Waals surface area contributed by atoms with Crippen molar-refractivity contribution in [1.29, 1.82) is 0 Å². The molecule has 0 saturated heterocycles. The molecule has 0 unspecified atom stereocenters. The van der Waals surface area contributed by atoms with Crippen molar-refractivity contribution >= 4 is 23.9 Å². The molecule has 0 bridgehead atoms. The highest BCUT2D eigenvalue weighted by molar-refractivity contribution is 5.89. The summed E-state index contributed by atoms with van der Waals surface area (Å²) in [7, 11) is 0. The Morgan fingerprint density at radius 3 is 2.29 bits per heavy atom. The fraction of sp³-hybridized carbons (Fsp3) is 0.385. The van der Waals surface area contributed by atoms with E-state index in [4.69, 9.17) is 9.84 Å². The summed E-state index contributed by atoms with van der Waals surface area (Å²) in [5, 5.41) is 16.9. The summed E-state index contributed by atoms with van der Waals surface area (Å²) in [6.07, 6.45) is -0.187. The number of carbonyl (C=O) groups is 4. The van der Waals surface area contributed by atoms with E-state index in [9.17, 15) is 19.2 Å². The molecule has 2 aromatic carbocycles. The third kappa shape index (κ3) is 10.3. The Morgan fingerprint density at radius 1 is 0.971 bits per heavy atom. The molecule has 0 aliphatic rings. The van der Waals surface area contributed by atoms with Crippen LogP contribution in [0, 0.1) is 6.92 Å². The van der Waals surface area contributed by atoms with Gasteiger partial charge >= 0.3 is 12.1 Å². The van der Waals surface area contributed by atoms with Crippen LogP contribution < -0.4 is 16.0 Å². The standard InChI is InChI=1S/C26H33N3O6/c1-3-21(20-8-5-4-6-9-20)28-23(30)10-7-15-27-25(33)22(16-24(31)32)29-26(34)35-17-19-13-11-18(2)12-14-19/h4-6,8-9,11-14,21-22H,3,7,10,15-17H2,1-2H3,(H,27,33)(H,28,30)(H,29,34)(H,31,32)/t21-,22-/m0/s1. The topological polar surface area (TPSA) is 134 Å². The van der Waals surface area contributed by atoms with Gasteiger partial charge in [-0.25, -0.2) is 4.79 Å². The van der Waals surface area contributed by atoms with Gasteiger partial charge in [-0.1, -0.05) is 67.1 Å². The van der Waals surface area contributed by atoms with E-state index in [-0.39, 0.29) is 31.5 Å². The molecule has 2 rings (SSSR count). The van der Waals surface area contributed by atoms with E-state index < -0.39 is 30.4 Å². The minimum Gasteiger partial charge on any atom is -0.481 e. The van der Waals surface area contributed by atoms with Crippen LogP contribution >= 0.6 is 0 Å². The lowest BCUT2D eigenvalue weighted by molar-refractivity contribution is -0.139. The molecule has 188 valence electrons. The summed E-state index contributed by atoms with van der Waals surface area (Å²) in [5.41, 5.74) is 2.85. The third-order valence-corrected chi connectivity index (χ3v) is 5.30. The van der Waals surface area contributed by atoms with Crippen molar-refractivity contribution in [1.82, 2.24) is 16.0 Å².